The number of sulfonamides is 1. The van der Waals surface area contributed by atoms with E-state index in [2.05, 4.69) is 10.0 Å². The van der Waals surface area contributed by atoms with Crippen molar-refractivity contribution in [3.8, 4) is 0 Å². The number of nitrogens with zero attached hydrogens (tertiary/aromatic N) is 2. The molecular weight excluding hydrogens is 492 g/mol. The predicted molar refractivity (Wildman–Crippen MR) is 143 cm³/mol. The van der Waals surface area contributed by atoms with Gasteiger partial charge in [-0.1, -0.05) is 36.4 Å². The van der Waals surface area contributed by atoms with Gasteiger partial charge in [0.1, 0.15) is 6.04 Å². The van der Waals surface area contributed by atoms with Gasteiger partial charge in [-0.25, -0.2) is 13.2 Å². The molecule has 10 heteroatoms. The van der Waals surface area contributed by atoms with Crippen molar-refractivity contribution >= 4 is 32.5 Å². The minimum Gasteiger partial charge on any atom is -0.325 e. The van der Waals surface area contributed by atoms with Gasteiger partial charge in [0.25, 0.3) is 5.56 Å². The highest BCUT2D eigenvalue weighted by molar-refractivity contribution is 7.89. The molecule has 0 unspecified atom stereocenters. The fourth-order valence-corrected chi connectivity index (χ4v) is 5.53. The summed E-state index contributed by atoms with van der Waals surface area (Å²) in [6, 6.07) is 17.5. The van der Waals surface area contributed by atoms with Crippen LogP contribution in [0.5, 0.6) is 0 Å². The van der Waals surface area contributed by atoms with Crippen molar-refractivity contribution in [3.63, 3.8) is 0 Å². The lowest BCUT2D eigenvalue weighted by atomic mass is 10.1. The molecule has 0 radical (unpaired) electrons. The number of nitrogens with one attached hydrogen (secondary N) is 2. The van der Waals surface area contributed by atoms with Gasteiger partial charge in [0.05, 0.1) is 15.8 Å². The quantitative estimate of drug-likeness (QED) is 0.388. The number of benzene rings is 3. The molecule has 0 fully saturated rings. The first kappa shape index (κ1) is 26.1. The summed E-state index contributed by atoms with van der Waals surface area (Å²) in [5.74, 6) is -0.517. The Hall–Kier alpha value is -4.02. The third-order valence-electron chi connectivity index (χ3n) is 6.13. The zero-order chi connectivity index (χ0) is 26.9. The molecule has 0 spiro atoms. The van der Waals surface area contributed by atoms with E-state index in [1.165, 1.54) is 36.9 Å². The summed E-state index contributed by atoms with van der Waals surface area (Å²) in [5, 5.41) is 2.90. The highest BCUT2D eigenvalue weighted by Gasteiger charge is 2.27. The van der Waals surface area contributed by atoms with Crippen molar-refractivity contribution in [2.45, 2.75) is 31.2 Å². The number of aromatic nitrogens is 2. The summed E-state index contributed by atoms with van der Waals surface area (Å²) in [7, 11) is -1.39. The average Bonchev–Trinajstić information content (AvgIpc) is 2.85. The molecule has 0 saturated carbocycles. The van der Waals surface area contributed by atoms with Crippen LogP contribution in [0.15, 0.2) is 81.2 Å². The van der Waals surface area contributed by atoms with Gasteiger partial charge in [0.2, 0.25) is 15.9 Å². The lowest BCUT2D eigenvalue weighted by Crippen LogP contribution is -2.45. The van der Waals surface area contributed by atoms with Gasteiger partial charge >= 0.3 is 5.69 Å². The second-order valence-electron chi connectivity index (χ2n) is 9.11. The minimum absolute atomic E-state index is 0.0757. The number of carbonyl (C=O) groups excluding carboxylic acids is 1. The molecule has 192 valence electrons. The number of hydrogen-bond donors (Lipinski definition) is 2. The molecule has 37 heavy (non-hydrogen) atoms. The second kappa shape index (κ2) is 10.2. The topological polar surface area (TPSA) is 119 Å². The van der Waals surface area contributed by atoms with Crippen LogP contribution in [0.1, 0.15) is 16.7 Å². The van der Waals surface area contributed by atoms with E-state index in [4.69, 9.17) is 0 Å². The van der Waals surface area contributed by atoms with E-state index in [0.29, 0.717) is 11.2 Å². The van der Waals surface area contributed by atoms with Crippen molar-refractivity contribution in [2.24, 2.45) is 14.1 Å². The summed E-state index contributed by atoms with van der Waals surface area (Å²) < 4.78 is 31.5. The first-order valence-corrected chi connectivity index (χ1v) is 13.1. The lowest BCUT2D eigenvalue weighted by molar-refractivity contribution is -0.117. The average molecular weight is 521 g/mol. The van der Waals surface area contributed by atoms with Gasteiger partial charge in [0, 0.05) is 19.8 Å². The van der Waals surface area contributed by atoms with Crippen LogP contribution in [-0.4, -0.2) is 29.5 Å². The molecule has 1 aromatic heterocycles. The molecule has 2 N–H and O–H groups in total. The first-order chi connectivity index (χ1) is 17.5. The Labute approximate surface area is 214 Å². The van der Waals surface area contributed by atoms with Crippen LogP contribution in [0.3, 0.4) is 0 Å². The highest BCUT2D eigenvalue weighted by atomic mass is 32.2. The van der Waals surface area contributed by atoms with Crippen LogP contribution in [0.4, 0.5) is 5.69 Å². The van der Waals surface area contributed by atoms with Crippen LogP contribution < -0.4 is 21.3 Å². The smallest absolute Gasteiger partial charge is 0.325 e. The second-order valence-corrected chi connectivity index (χ2v) is 10.8. The van der Waals surface area contributed by atoms with Crippen LogP contribution in [-0.2, 0) is 35.3 Å². The monoisotopic (exact) mass is 520 g/mol. The van der Waals surface area contributed by atoms with E-state index >= 15 is 0 Å². The molecular formula is C27H28N4O5S. The first-order valence-electron chi connectivity index (χ1n) is 11.6. The fourth-order valence-electron chi connectivity index (χ4n) is 4.31. The number of carbonyl (C=O) groups is 1. The fraction of sp³-hybridized carbons (Fsp3) is 0.222. The number of amides is 1. The molecule has 0 aliphatic heterocycles. The Bertz CT molecular complexity index is 1700. The van der Waals surface area contributed by atoms with Crippen LogP contribution in [0, 0.1) is 13.8 Å². The normalized spacial score (nSPS) is 12.4. The maximum Gasteiger partial charge on any atom is 0.330 e. The molecule has 3 aromatic carbocycles. The Morgan fingerprint density at radius 1 is 0.892 bits per heavy atom. The summed E-state index contributed by atoms with van der Waals surface area (Å²) >= 11 is 0. The molecule has 0 bridgehead atoms. The SMILES string of the molecule is Cc1cc(C)cc(NC(=O)[C@@H](Cc2ccccc2)NS(=O)(=O)c2ccc3c(c2)c(=O)n(C)c(=O)n3C)c1. The zero-order valence-electron chi connectivity index (χ0n) is 21.0. The third kappa shape index (κ3) is 5.55. The number of rotatable bonds is 7. The third-order valence-corrected chi connectivity index (χ3v) is 7.60. The molecule has 0 saturated heterocycles. The van der Waals surface area contributed by atoms with Gasteiger partial charge < -0.3 is 5.32 Å². The number of fused-ring (bicyclic) bond motifs is 1. The summed E-state index contributed by atoms with van der Waals surface area (Å²) in [5.41, 5.74) is 2.44. The Morgan fingerprint density at radius 2 is 1.54 bits per heavy atom. The Morgan fingerprint density at radius 3 is 2.19 bits per heavy atom. The largest absolute Gasteiger partial charge is 0.330 e. The van der Waals surface area contributed by atoms with Gasteiger partial charge in [-0.3, -0.25) is 18.7 Å². The van der Waals surface area contributed by atoms with Crippen molar-refractivity contribution in [1.82, 2.24) is 13.9 Å². The minimum atomic E-state index is -4.22. The standard InChI is InChI=1S/C27H28N4O5S/c1-17-12-18(2)14-20(13-17)28-25(32)23(15-19-8-6-5-7-9-19)29-37(35,36)21-10-11-24-22(16-21)26(33)31(4)27(34)30(24)3/h5-14,16,23,29H,15H2,1-4H3,(H,28,32)/t23-/m1/s1. The van der Waals surface area contributed by atoms with Crippen molar-refractivity contribution < 1.29 is 13.2 Å². The van der Waals surface area contributed by atoms with E-state index in [0.717, 1.165) is 21.3 Å². The predicted octanol–water partition coefficient (Wildman–Crippen LogP) is 2.38. The van der Waals surface area contributed by atoms with Gasteiger partial charge in [-0.05, 0) is 67.3 Å². The highest BCUT2D eigenvalue weighted by Crippen LogP contribution is 2.18. The van der Waals surface area contributed by atoms with E-state index in [-0.39, 0.29) is 16.7 Å². The molecule has 4 rings (SSSR count). The number of hydrogen-bond acceptors (Lipinski definition) is 5. The maximum atomic E-state index is 13.4. The van der Waals surface area contributed by atoms with Crippen molar-refractivity contribution in [1.29, 1.82) is 0 Å². The Kier molecular flexibility index (Phi) is 7.15. The van der Waals surface area contributed by atoms with Crippen molar-refractivity contribution in [2.75, 3.05) is 5.32 Å². The van der Waals surface area contributed by atoms with Crippen LogP contribution in [0.2, 0.25) is 0 Å². The van der Waals surface area contributed by atoms with Crippen LogP contribution in [0.25, 0.3) is 10.9 Å². The molecule has 4 aromatic rings. The summed E-state index contributed by atoms with van der Waals surface area (Å²) in [6.07, 6.45) is 0.112. The van der Waals surface area contributed by atoms with Crippen LogP contribution >= 0.6 is 0 Å². The summed E-state index contributed by atoms with van der Waals surface area (Å²) in [4.78, 5) is 38.0. The van der Waals surface area contributed by atoms with Gasteiger partial charge in [-0.2, -0.15) is 4.72 Å². The number of aryl methyl sites for hydroxylation is 3. The molecule has 9 nitrogen and oxygen atoms in total. The summed E-state index contributed by atoms with van der Waals surface area (Å²) in [6.45, 7) is 3.82. The van der Waals surface area contributed by atoms with Gasteiger partial charge in [-0.15, -0.1) is 0 Å². The number of anilines is 1. The molecule has 1 heterocycles. The molecule has 1 amide bonds. The van der Waals surface area contributed by atoms with Crippen molar-refractivity contribution in [3.05, 3.63) is 104 Å². The molecule has 1 atom stereocenters. The Balaban J connectivity index is 1.71. The molecule has 0 aliphatic carbocycles. The van der Waals surface area contributed by atoms with E-state index in [1.807, 2.05) is 62.4 Å². The van der Waals surface area contributed by atoms with E-state index in [9.17, 15) is 22.8 Å². The molecule has 0 aliphatic rings. The maximum absolute atomic E-state index is 13.4. The van der Waals surface area contributed by atoms with Gasteiger partial charge in [0.15, 0.2) is 0 Å². The lowest BCUT2D eigenvalue weighted by Gasteiger charge is -2.19. The zero-order valence-corrected chi connectivity index (χ0v) is 21.8. The van der Waals surface area contributed by atoms with E-state index < -0.39 is 33.2 Å². The van der Waals surface area contributed by atoms with E-state index in [1.54, 1.807) is 0 Å².